The molecule has 0 aromatic heterocycles. The van der Waals surface area contributed by atoms with Crippen LogP contribution in [0.1, 0.15) is 40.9 Å². The molecule has 0 heterocycles. The minimum atomic E-state index is -0.367. The summed E-state index contributed by atoms with van der Waals surface area (Å²) >= 11 is 0. The van der Waals surface area contributed by atoms with Crippen molar-refractivity contribution >= 4 is 24.1 Å². The Morgan fingerprint density at radius 3 is 2.29 bits per heavy atom. The van der Waals surface area contributed by atoms with Crippen LogP contribution in [0, 0.1) is 0 Å². The Labute approximate surface area is 183 Å². The van der Waals surface area contributed by atoms with E-state index in [1.165, 1.54) is 0 Å². The normalized spacial score (nSPS) is 10.8. The highest BCUT2D eigenvalue weighted by atomic mass is 16.5. The van der Waals surface area contributed by atoms with Crippen LogP contribution in [0.5, 0.6) is 0 Å². The maximum Gasteiger partial charge on any atom is 0.338 e. The van der Waals surface area contributed by atoms with Gasteiger partial charge in [-0.25, -0.2) is 4.79 Å². The topological polar surface area (TPSA) is 52.6 Å². The second-order valence-electron chi connectivity index (χ2n) is 6.91. The second kappa shape index (κ2) is 10.9. The van der Waals surface area contributed by atoms with Crippen LogP contribution in [-0.2, 0) is 20.7 Å². The van der Waals surface area contributed by atoms with Gasteiger partial charge in [-0.1, -0.05) is 72.8 Å². The van der Waals surface area contributed by atoms with Gasteiger partial charge in [-0.15, -0.1) is 0 Å². The van der Waals surface area contributed by atoms with Crippen molar-refractivity contribution in [3.63, 3.8) is 0 Å². The molecule has 0 radical (unpaired) electrons. The summed E-state index contributed by atoms with van der Waals surface area (Å²) in [6.07, 6.45) is 4.21. The summed E-state index contributed by atoms with van der Waals surface area (Å²) in [5, 5.41) is 0. The Morgan fingerprint density at radius 2 is 1.55 bits per heavy atom. The molecular weight excluding hydrogens is 388 g/mol. The van der Waals surface area contributed by atoms with E-state index in [9.17, 15) is 9.59 Å². The number of benzene rings is 3. The van der Waals surface area contributed by atoms with Crippen LogP contribution in [0.25, 0.3) is 23.3 Å². The molecule has 3 aromatic rings. The van der Waals surface area contributed by atoms with Gasteiger partial charge < -0.3 is 9.47 Å². The van der Waals surface area contributed by atoms with Crippen LogP contribution < -0.4 is 0 Å². The number of ether oxygens (including phenoxy) is 2. The lowest BCUT2D eigenvalue weighted by molar-refractivity contribution is -0.142. The molecule has 0 spiro atoms. The highest BCUT2D eigenvalue weighted by molar-refractivity contribution is 5.93. The summed E-state index contributed by atoms with van der Waals surface area (Å²) in [5.41, 5.74) is 5.08. The van der Waals surface area contributed by atoms with Gasteiger partial charge in [-0.3, -0.25) is 4.79 Å². The standard InChI is InChI=1S/C27H26O4/c1-3-30-25(28)19-23-14-8-12-21(17-16-20-10-6-5-7-11-20)26(23)22-13-9-15-24(18-22)27(29)31-4-2/h5-18H,3-4,19H2,1-2H3. The lowest BCUT2D eigenvalue weighted by atomic mass is 9.91. The first-order chi connectivity index (χ1) is 15.1. The zero-order chi connectivity index (χ0) is 22.1. The summed E-state index contributed by atoms with van der Waals surface area (Å²) in [7, 11) is 0. The van der Waals surface area contributed by atoms with E-state index >= 15 is 0 Å². The zero-order valence-corrected chi connectivity index (χ0v) is 17.8. The van der Waals surface area contributed by atoms with Crippen molar-refractivity contribution in [3.05, 3.63) is 95.1 Å². The number of hydrogen-bond donors (Lipinski definition) is 0. The van der Waals surface area contributed by atoms with Crippen molar-refractivity contribution in [2.24, 2.45) is 0 Å². The van der Waals surface area contributed by atoms with Gasteiger partial charge >= 0.3 is 11.9 Å². The molecule has 0 fully saturated rings. The van der Waals surface area contributed by atoms with Crippen LogP contribution in [0.15, 0.2) is 72.8 Å². The van der Waals surface area contributed by atoms with Gasteiger partial charge in [0.15, 0.2) is 0 Å². The average Bonchev–Trinajstić information content (AvgIpc) is 2.79. The average molecular weight is 415 g/mol. The van der Waals surface area contributed by atoms with Gasteiger partial charge in [-0.2, -0.15) is 0 Å². The molecule has 0 aliphatic heterocycles. The quantitative estimate of drug-likeness (QED) is 0.345. The lowest BCUT2D eigenvalue weighted by Gasteiger charge is -2.14. The molecule has 158 valence electrons. The summed E-state index contributed by atoms with van der Waals surface area (Å²) in [6, 6.07) is 23.2. The van der Waals surface area contributed by atoms with E-state index in [1.54, 1.807) is 19.9 Å². The van der Waals surface area contributed by atoms with Crippen LogP contribution in [0.3, 0.4) is 0 Å². The molecule has 0 aliphatic rings. The van der Waals surface area contributed by atoms with Crippen molar-refractivity contribution < 1.29 is 19.1 Å². The van der Waals surface area contributed by atoms with Gasteiger partial charge in [-0.05, 0) is 53.8 Å². The van der Waals surface area contributed by atoms with Crippen molar-refractivity contribution in [1.82, 2.24) is 0 Å². The monoisotopic (exact) mass is 414 g/mol. The minimum Gasteiger partial charge on any atom is -0.466 e. The fraction of sp³-hybridized carbons (Fsp3) is 0.185. The molecule has 0 amide bonds. The molecule has 0 N–H and O–H groups in total. The third-order valence-electron chi connectivity index (χ3n) is 4.74. The molecule has 3 aromatic carbocycles. The van der Waals surface area contributed by atoms with Gasteiger partial charge in [0, 0.05) is 0 Å². The maximum atomic E-state index is 12.3. The first-order valence-electron chi connectivity index (χ1n) is 10.4. The van der Waals surface area contributed by atoms with Gasteiger partial charge in [0.1, 0.15) is 0 Å². The Hall–Kier alpha value is -3.66. The maximum absolute atomic E-state index is 12.3. The Kier molecular flexibility index (Phi) is 7.77. The fourth-order valence-corrected chi connectivity index (χ4v) is 3.39. The summed E-state index contributed by atoms with van der Waals surface area (Å²) in [5.74, 6) is -0.650. The Morgan fingerprint density at radius 1 is 0.806 bits per heavy atom. The molecular formula is C27H26O4. The fourth-order valence-electron chi connectivity index (χ4n) is 3.39. The summed E-state index contributed by atoms with van der Waals surface area (Å²) in [4.78, 5) is 24.5. The predicted molar refractivity (Wildman–Crippen MR) is 124 cm³/mol. The highest BCUT2D eigenvalue weighted by Gasteiger charge is 2.15. The molecule has 0 saturated carbocycles. The van der Waals surface area contributed by atoms with Crippen molar-refractivity contribution in [2.75, 3.05) is 13.2 Å². The largest absolute Gasteiger partial charge is 0.466 e. The second-order valence-corrected chi connectivity index (χ2v) is 6.91. The van der Waals surface area contributed by atoms with Crippen LogP contribution in [0.2, 0.25) is 0 Å². The molecule has 0 bridgehead atoms. The van der Waals surface area contributed by atoms with E-state index < -0.39 is 0 Å². The van der Waals surface area contributed by atoms with Crippen LogP contribution in [0.4, 0.5) is 0 Å². The number of carbonyl (C=O) groups is 2. The number of carbonyl (C=O) groups excluding carboxylic acids is 2. The zero-order valence-electron chi connectivity index (χ0n) is 17.8. The molecule has 4 nitrogen and oxygen atoms in total. The summed E-state index contributed by atoms with van der Waals surface area (Å²) < 4.78 is 10.3. The van der Waals surface area contributed by atoms with Gasteiger partial charge in [0.05, 0.1) is 25.2 Å². The molecule has 0 atom stereocenters. The lowest BCUT2D eigenvalue weighted by Crippen LogP contribution is -2.09. The van der Waals surface area contributed by atoms with Crippen molar-refractivity contribution in [1.29, 1.82) is 0 Å². The Balaban J connectivity index is 2.08. The smallest absolute Gasteiger partial charge is 0.338 e. The van der Waals surface area contributed by atoms with Crippen LogP contribution in [-0.4, -0.2) is 25.2 Å². The molecule has 0 unspecified atom stereocenters. The van der Waals surface area contributed by atoms with Crippen molar-refractivity contribution in [2.45, 2.75) is 20.3 Å². The SMILES string of the molecule is CCOC(=O)Cc1cccc(C=Cc2ccccc2)c1-c1cccc(C(=O)OCC)c1. The van der Waals surface area contributed by atoms with Gasteiger partial charge in [0.25, 0.3) is 0 Å². The van der Waals surface area contributed by atoms with E-state index in [2.05, 4.69) is 0 Å². The van der Waals surface area contributed by atoms with Crippen LogP contribution >= 0.6 is 0 Å². The Bertz CT molecular complexity index is 1070. The highest BCUT2D eigenvalue weighted by Crippen LogP contribution is 2.31. The van der Waals surface area contributed by atoms with E-state index in [0.717, 1.165) is 27.8 Å². The predicted octanol–water partition coefficient (Wildman–Crippen LogP) is 5.81. The molecule has 4 heteroatoms. The number of hydrogen-bond acceptors (Lipinski definition) is 4. The number of esters is 2. The van der Waals surface area contributed by atoms with E-state index in [0.29, 0.717) is 18.8 Å². The number of rotatable bonds is 8. The molecule has 31 heavy (non-hydrogen) atoms. The van der Waals surface area contributed by atoms with Gasteiger partial charge in [0.2, 0.25) is 0 Å². The third-order valence-corrected chi connectivity index (χ3v) is 4.74. The third kappa shape index (κ3) is 5.92. The molecule has 3 rings (SSSR count). The first kappa shape index (κ1) is 22.0. The van der Waals surface area contributed by atoms with E-state index in [1.807, 2.05) is 78.9 Å². The minimum absolute atomic E-state index is 0.153. The van der Waals surface area contributed by atoms with E-state index in [-0.39, 0.29) is 18.4 Å². The van der Waals surface area contributed by atoms with Crippen molar-refractivity contribution in [3.8, 4) is 11.1 Å². The molecule has 0 saturated heterocycles. The van der Waals surface area contributed by atoms with E-state index in [4.69, 9.17) is 9.47 Å². The first-order valence-corrected chi connectivity index (χ1v) is 10.4. The summed E-state index contributed by atoms with van der Waals surface area (Å²) in [6.45, 7) is 4.22. The molecule has 0 aliphatic carbocycles.